The summed E-state index contributed by atoms with van der Waals surface area (Å²) in [4.78, 5) is 0. The number of hydrogen-bond donors (Lipinski definition) is 1. The van der Waals surface area contributed by atoms with Gasteiger partial charge in [0.15, 0.2) is 11.5 Å². The van der Waals surface area contributed by atoms with Crippen molar-refractivity contribution in [3.8, 4) is 11.5 Å². The third kappa shape index (κ3) is 5.53. The molecule has 0 amide bonds. The molecule has 0 atom stereocenters. The van der Waals surface area contributed by atoms with Gasteiger partial charge in [0.25, 0.3) is 0 Å². The third-order valence-corrected chi connectivity index (χ3v) is 4.22. The molecule has 0 spiro atoms. The summed E-state index contributed by atoms with van der Waals surface area (Å²) < 4.78 is 33.5. The molecule has 0 aliphatic carbocycles. The average Bonchev–Trinajstić information content (AvgIpc) is 2.32. The van der Waals surface area contributed by atoms with Crippen molar-refractivity contribution in [2.24, 2.45) is 0 Å². The van der Waals surface area contributed by atoms with Crippen LogP contribution in [0.25, 0.3) is 0 Å². The fourth-order valence-corrected chi connectivity index (χ4v) is 2.96. The van der Waals surface area contributed by atoms with Gasteiger partial charge in [0.2, 0.25) is 0 Å². The Labute approximate surface area is 127 Å². The van der Waals surface area contributed by atoms with Crippen LogP contribution in [0.5, 0.6) is 11.5 Å². The van der Waals surface area contributed by atoms with Crippen LogP contribution in [-0.4, -0.2) is 41.2 Å². The lowest BCUT2D eigenvalue weighted by Crippen LogP contribution is -2.22. The van der Waals surface area contributed by atoms with E-state index in [-0.39, 0.29) is 5.75 Å². The lowest BCUT2D eigenvalue weighted by Gasteiger charge is -2.12. The zero-order valence-electron chi connectivity index (χ0n) is 11.2. The first-order chi connectivity index (χ1) is 8.87. The van der Waals surface area contributed by atoms with Gasteiger partial charge in [0.05, 0.1) is 23.5 Å². The molecular weight excluding hydrogens is 381 g/mol. The highest BCUT2D eigenvalue weighted by molar-refractivity contribution is 14.1. The predicted octanol–water partition coefficient (Wildman–Crippen LogP) is 1.44. The van der Waals surface area contributed by atoms with Crippen LogP contribution in [0.2, 0.25) is 0 Å². The van der Waals surface area contributed by atoms with Crippen molar-refractivity contribution in [1.82, 2.24) is 5.32 Å². The first-order valence-electron chi connectivity index (χ1n) is 5.66. The molecule has 0 bridgehead atoms. The van der Waals surface area contributed by atoms with E-state index in [4.69, 9.17) is 9.47 Å². The summed E-state index contributed by atoms with van der Waals surface area (Å²) in [7, 11) is 0.274. The second-order valence-electron chi connectivity index (χ2n) is 4.12. The Kier molecular flexibility index (Phi) is 6.34. The van der Waals surface area contributed by atoms with Crippen LogP contribution in [0.15, 0.2) is 12.1 Å². The van der Waals surface area contributed by atoms with Crippen molar-refractivity contribution in [3.05, 3.63) is 21.3 Å². The van der Waals surface area contributed by atoms with Gasteiger partial charge in [-0.2, -0.15) is 0 Å². The normalized spacial score (nSPS) is 11.4. The third-order valence-electron chi connectivity index (χ3n) is 2.47. The van der Waals surface area contributed by atoms with E-state index in [0.717, 1.165) is 9.13 Å². The largest absolute Gasteiger partial charge is 0.493 e. The maximum Gasteiger partial charge on any atom is 0.174 e. The minimum absolute atomic E-state index is 0.136. The molecule has 108 valence electrons. The molecule has 0 aliphatic rings. The number of ether oxygens (including phenoxy) is 2. The molecule has 0 fully saturated rings. The van der Waals surface area contributed by atoms with E-state index in [1.54, 1.807) is 14.2 Å². The molecule has 0 unspecified atom stereocenters. The number of rotatable bonds is 7. The lowest BCUT2D eigenvalue weighted by atomic mass is 10.2. The molecule has 0 heterocycles. The van der Waals surface area contributed by atoms with E-state index in [9.17, 15) is 8.42 Å². The first-order valence-corrected chi connectivity index (χ1v) is 8.80. The van der Waals surface area contributed by atoms with Crippen molar-refractivity contribution >= 4 is 32.4 Å². The molecular formula is C12H18INO4S. The zero-order chi connectivity index (χ0) is 14.5. The van der Waals surface area contributed by atoms with E-state index in [2.05, 4.69) is 27.9 Å². The molecule has 0 aromatic heterocycles. The smallest absolute Gasteiger partial charge is 0.174 e. The van der Waals surface area contributed by atoms with Crippen molar-refractivity contribution in [1.29, 1.82) is 0 Å². The van der Waals surface area contributed by atoms with Crippen molar-refractivity contribution < 1.29 is 17.9 Å². The topological polar surface area (TPSA) is 64.6 Å². The highest BCUT2D eigenvalue weighted by atomic mass is 127. The maximum atomic E-state index is 11.0. The van der Waals surface area contributed by atoms with Gasteiger partial charge < -0.3 is 14.8 Å². The van der Waals surface area contributed by atoms with E-state index in [1.807, 2.05) is 12.1 Å². The SMILES string of the molecule is COc1cc(CNCCS(C)(=O)=O)cc(I)c1OC. The summed E-state index contributed by atoms with van der Waals surface area (Å²) in [5.41, 5.74) is 1.02. The number of halogens is 1. The number of benzene rings is 1. The fraction of sp³-hybridized carbons (Fsp3) is 0.500. The highest BCUT2D eigenvalue weighted by Gasteiger charge is 2.10. The van der Waals surface area contributed by atoms with Crippen LogP contribution in [0.4, 0.5) is 0 Å². The summed E-state index contributed by atoms with van der Waals surface area (Å²) in [6, 6.07) is 3.86. The highest BCUT2D eigenvalue weighted by Crippen LogP contribution is 2.33. The monoisotopic (exact) mass is 399 g/mol. The summed E-state index contributed by atoms with van der Waals surface area (Å²) in [6.45, 7) is 1.02. The lowest BCUT2D eigenvalue weighted by molar-refractivity contribution is 0.352. The molecule has 1 aromatic rings. The Bertz CT molecular complexity index is 531. The van der Waals surface area contributed by atoms with Crippen LogP contribution in [-0.2, 0) is 16.4 Å². The second-order valence-corrected chi connectivity index (χ2v) is 7.54. The summed E-state index contributed by atoms with van der Waals surface area (Å²) in [6.07, 6.45) is 1.23. The summed E-state index contributed by atoms with van der Waals surface area (Å²) in [5, 5.41) is 3.10. The Morgan fingerprint density at radius 3 is 2.47 bits per heavy atom. The molecule has 1 rings (SSSR count). The number of sulfone groups is 1. The van der Waals surface area contributed by atoms with E-state index in [0.29, 0.717) is 24.6 Å². The van der Waals surface area contributed by atoms with E-state index < -0.39 is 9.84 Å². The fourth-order valence-electron chi connectivity index (χ4n) is 1.56. The van der Waals surface area contributed by atoms with Gasteiger partial charge >= 0.3 is 0 Å². The maximum absolute atomic E-state index is 11.0. The van der Waals surface area contributed by atoms with Gasteiger partial charge in [0, 0.05) is 19.3 Å². The molecule has 0 radical (unpaired) electrons. The Morgan fingerprint density at radius 2 is 1.95 bits per heavy atom. The molecule has 1 aromatic carbocycles. The van der Waals surface area contributed by atoms with Gasteiger partial charge in [-0.05, 0) is 40.3 Å². The Balaban J connectivity index is 2.67. The molecule has 7 heteroatoms. The first kappa shape index (κ1) is 16.5. The molecule has 0 saturated carbocycles. The van der Waals surface area contributed by atoms with Crippen LogP contribution >= 0.6 is 22.6 Å². The van der Waals surface area contributed by atoms with Crippen molar-refractivity contribution in [2.75, 3.05) is 32.8 Å². The van der Waals surface area contributed by atoms with Gasteiger partial charge in [-0.3, -0.25) is 0 Å². The quantitative estimate of drug-likeness (QED) is 0.556. The molecule has 1 N–H and O–H groups in total. The van der Waals surface area contributed by atoms with Crippen molar-refractivity contribution in [3.63, 3.8) is 0 Å². The van der Waals surface area contributed by atoms with Gasteiger partial charge in [0.1, 0.15) is 9.84 Å². The van der Waals surface area contributed by atoms with Crippen LogP contribution in [0.3, 0.4) is 0 Å². The summed E-state index contributed by atoms with van der Waals surface area (Å²) >= 11 is 2.18. The summed E-state index contributed by atoms with van der Waals surface area (Å²) in [5.74, 6) is 1.52. The van der Waals surface area contributed by atoms with E-state index in [1.165, 1.54) is 6.26 Å². The van der Waals surface area contributed by atoms with Gasteiger partial charge in [-0.15, -0.1) is 0 Å². The van der Waals surface area contributed by atoms with Crippen molar-refractivity contribution in [2.45, 2.75) is 6.54 Å². The molecule has 0 aliphatic heterocycles. The van der Waals surface area contributed by atoms with Gasteiger partial charge in [-0.1, -0.05) is 0 Å². The predicted molar refractivity (Wildman–Crippen MR) is 83.7 cm³/mol. The van der Waals surface area contributed by atoms with Crippen LogP contribution in [0.1, 0.15) is 5.56 Å². The van der Waals surface area contributed by atoms with Crippen LogP contribution in [0, 0.1) is 3.57 Å². The van der Waals surface area contributed by atoms with E-state index >= 15 is 0 Å². The number of hydrogen-bond acceptors (Lipinski definition) is 5. The van der Waals surface area contributed by atoms with Crippen LogP contribution < -0.4 is 14.8 Å². The minimum Gasteiger partial charge on any atom is -0.493 e. The average molecular weight is 399 g/mol. The Hall–Kier alpha value is -0.540. The number of methoxy groups -OCH3 is 2. The molecule has 5 nitrogen and oxygen atoms in total. The van der Waals surface area contributed by atoms with Gasteiger partial charge in [-0.25, -0.2) is 8.42 Å². The minimum atomic E-state index is -2.92. The molecule has 19 heavy (non-hydrogen) atoms. The second kappa shape index (κ2) is 7.30. The number of nitrogens with one attached hydrogen (secondary N) is 1. The standard InChI is InChI=1S/C12H18INO4S/c1-17-11-7-9(6-10(13)12(11)18-2)8-14-4-5-19(3,15)16/h6-7,14H,4-5,8H2,1-3H3. The zero-order valence-corrected chi connectivity index (χ0v) is 14.2. The molecule has 0 saturated heterocycles. The Morgan fingerprint density at radius 1 is 1.26 bits per heavy atom.